The van der Waals surface area contributed by atoms with Crippen molar-refractivity contribution in [2.75, 3.05) is 6.61 Å². The Bertz CT molecular complexity index is 617. The zero-order valence-corrected chi connectivity index (χ0v) is 14.8. The van der Waals surface area contributed by atoms with Gasteiger partial charge in [-0.05, 0) is 55.9 Å². The molecule has 1 aromatic rings. The van der Waals surface area contributed by atoms with E-state index in [4.69, 9.17) is 4.74 Å². The molecule has 0 spiro atoms. The SMILES string of the molecule is CCOc1cc(C)c(S(=O)(=O)NC2CCCC2)cc1C(C)C. The molecule has 1 aliphatic carbocycles. The van der Waals surface area contributed by atoms with Crippen LogP contribution in [-0.2, 0) is 10.0 Å². The van der Waals surface area contributed by atoms with E-state index in [-0.39, 0.29) is 12.0 Å². The van der Waals surface area contributed by atoms with Crippen LogP contribution in [0.4, 0.5) is 0 Å². The minimum absolute atomic E-state index is 0.0819. The Balaban J connectivity index is 2.38. The molecule has 22 heavy (non-hydrogen) atoms. The molecule has 0 aliphatic heterocycles. The smallest absolute Gasteiger partial charge is 0.241 e. The number of aryl methyl sites for hydroxylation is 1. The predicted octanol–water partition coefficient (Wildman–Crippen LogP) is 3.74. The molecule has 0 heterocycles. The number of rotatable bonds is 6. The van der Waals surface area contributed by atoms with Crippen LogP contribution in [0.25, 0.3) is 0 Å². The quantitative estimate of drug-likeness (QED) is 0.867. The summed E-state index contributed by atoms with van der Waals surface area (Å²) in [4.78, 5) is 0.381. The summed E-state index contributed by atoms with van der Waals surface area (Å²) in [5, 5.41) is 0. The van der Waals surface area contributed by atoms with Gasteiger partial charge in [0.15, 0.2) is 0 Å². The minimum atomic E-state index is -3.47. The van der Waals surface area contributed by atoms with Gasteiger partial charge < -0.3 is 4.74 Å². The van der Waals surface area contributed by atoms with E-state index >= 15 is 0 Å². The predicted molar refractivity (Wildman–Crippen MR) is 89.0 cm³/mol. The zero-order chi connectivity index (χ0) is 16.3. The fourth-order valence-corrected chi connectivity index (χ4v) is 4.59. The zero-order valence-electron chi connectivity index (χ0n) is 14.0. The molecule has 0 atom stereocenters. The van der Waals surface area contributed by atoms with Crippen LogP contribution in [0.3, 0.4) is 0 Å². The lowest BCUT2D eigenvalue weighted by molar-refractivity contribution is 0.334. The molecule has 1 fully saturated rings. The first kappa shape index (κ1) is 17.3. The van der Waals surface area contributed by atoms with Crippen molar-refractivity contribution in [2.24, 2.45) is 0 Å². The van der Waals surface area contributed by atoms with Gasteiger partial charge in [-0.2, -0.15) is 0 Å². The fraction of sp³-hybridized carbons (Fsp3) is 0.647. The Morgan fingerprint density at radius 2 is 1.91 bits per heavy atom. The van der Waals surface area contributed by atoms with Crippen LogP contribution < -0.4 is 9.46 Å². The molecule has 0 amide bonds. The maximum Gasteiger partial charge on any atom is 0.241 e. The van der Waals surface area contributed by atoms with Crippen molar-refractivity contribution in [1.82, 2.24) is 4.72 Å². The molecule has 1 saturated carbocycles. The van der Waals surface area contributed by atoms with Crippen LogP contribution in [0.15, 0.2) is 17.0 Å². The second kappa shape index (κ2) is 7.01. The van der Waals surface area contributed by atoms with Gasteiger partial charge in [0.1, 0.15) is 5.75 Å². The summed E-state index contributed by atoms with van der Waals surface area (Å²) < 4.78 is 33.9. The molecule has 1 N–H and O–H groups in total. The summed E-state index contributed by atoms with van der Waals surface area (Å²) in [5.41, 5.74) is 1.68. The highest BCUT2D eigenvalue weighted by molar-refractivity contribution is 7.89. The van der Waals surface area contributed by atoms with Crippen LogP contribution >= 0.6 is 0 Å². The molecule has 1 aromatic carbocycles. The van der Waals surface area contributed by atoms with Gasteiger partial charge in [0.25, 0.3) is 0 Å². The third-order valence-corrected chi connectivity index (χ3v) is 5.86. The Kier molecular flexibility index (Phi) is 5.50. The van der Waals surface area contributed by atoms with Crippen molar-refractivity contribution in [3.05, 3.63) is 23.3 Å². The van der Waals surface area contributed by atoms with Crippen LogP contribution in [0.1, 0.15) is 63.5 Å². The summed E-state index contributed by atoms with van der Waals surface area (Å²) in [6, 6.07) is 3.71. The lowest BCUT2D eigenvalue weighted by atomic mass is 10.0. The number of nitrogens with one attached hydrogen (secondary N) is 1. The molecule has 124 valence electrons. The van der Waals surface area contributed by atoms with E-state index in [1.54, 1.807) is 6.07 Å². The Hall–Kier alpha value is -1.07. The second-order valence-corrected chi connectivity index (χ2v) is 8.03. The van der Waals surface area contributed by atoms with Crippen molar-refractivity contribution >= 4 is 10.0 Å². The summed E-state index contributed by atoms with van der Waals surface area (Å²) in [7, 11) is -3.47. The van der Waals surface area contributed by atoms with Gasteiger partial charge in [0, 0.05) is 6.04 Å². The third kappa shape index (κ3) is 3.82. The first-order valence-corrected chi connectivity index (χ1v) is 9.63. The number of ether oxygens (including phenoxy) is 1. The molecule has 1 aliphatic rings. The first-order valence-electron chi connectivity index (χ1n) is 8.14. The third-order valence-electron chi connectivity index (χ3n) is 4.20. The van der Waals surface area contributed by atoms with E-state index in [2.05, 4.69) is 4.72 Å². The van der Waals surface area contributed by atoms with Crippen molar-refractivity contribution in [3.8, 4) is 5.75 Å². The topological polar surface area (TPSA) is 55.4 Å². The van der Waals surface area contributed by atoms with E-state index in [0.717, 1.165) is 42.6 Å². The van der Waals surface area contributed by atoms with Crippen LogP contribution in [0.5, 0.6) is 5.75 Å². The molecule has 0 aromatic heterocycles. The van der Waals surface area contributed by atoms with Gasteiger partial charge in [-0.25, -0.2) is 13.1 Å². The highest BCUT2D eigenvalue weighted by Crippen LogP contribution is 2.32. The molecule has 0 bridgehead atoms. The highest BCUT2D eigenvalue weighted by Gasteiger charge is 2.25. The van der Waals surface area contributed by atoms with E-state index < -0.39 is 10.0 Å². The van der Waals surface area contributed by atoms with Gasteiger partial charge in [-0.3, -0.25) is 0 Å². The van der Waals surface area contributed by atoms with Crippen LogP contribution in [-0.4, -0.2) is 21.1 Å². The second-order valence-electron chi connectivity index (χ2n) is 6.35. The Morgan fingerprint density at radius 1 is 1.27 bits per heavy atom. The van der Waals surface area contributed by atoms with Crippen molar-refractivity contribution in [3.63, 3.8) is 0 Å². The van der Waals surface area contributed by atoms with E-state index in [1.807, 2.05) is 33.8 Å². The lowest BCUT2D eigenvalue weighted by Gasteiger charge is -2.19. The number of benzene rings is 1. The molecule has 0 unspecified atom stereocenters. The number of sulfonamides is 1. The van der Waals surface area contributed by atoms with Crippen molar-refractivity contribution in [2.45, 2.75) is 70.2 Å². The Labute approximate surface area is 134 Å². The van der Waals surface area contributed by atoms with Gasteiger partial charge in [-0.1, -0.05) is 26.7 Å². The van der Waals surface area contributed by atoms with E-state index in [0.29, 0.717) is 11.5 Å². The maximum absolute atomic E-state index is 12.7. The molecule has 2 rings (SSSR count). The van der Waals surface area contributed by atoms with Gasteiger partial charge in [-0.15, -0.1) is 0 Å². The van der Waals surface area contributed by atoms with Crippen LogP contribution in [0, 0.1) is 6.92 Å². The number of hydrogen-bond acceptors (Lipinski definition) is 3. The normalized spacial score (nSPS) is 16.4. The highest BCUT2D eigenvalue weighted by atomic mass is 32.2. The van der Waals surface area contributed by atoms with Crippen molar-refractivity contribution in [1.29, 1.82) is 0 Å². The monoisotopic (exact) mass is 325 g/mol. The average molecular weight is 325 g/mol. The van der Waals surface area contributed by atoms with E-state index in [1.165, 1.54) is 0 Å². The molecule has 4 nitrogen and oxygen atoms in total. The Morgan fingerprint density at radius 3 is 2.45 bits per heavy atom. The molecule has 0 saturated heterocycles. The van der Waals surface area contributed by atoms with Crippen molar-refractivity contribution < 1.29 is 13.2 Å². The lowest BCUT2D eigenvalue weighted by Crippen LogP contribution is -2.33. The van der Waals surface area contributed by atoms with Crippen LogP contribution in [0.2, 0.25) is 0 Å². The molecule has 5 heteroatoms. The van der Waals surface area contributed by atoms with Gasteiger partial charge >= 0.3 is 0 Å². The fourth-order valence-electron chi connectivity index (χ4n) is 3.03. The molecule has 0 radical (unpaired) electrons. The van der Waals surface area contributed by atoms with E-state index in [9.17, 15) is 8.42 Å². The average Bonchev–Trinajstić information content (AvgIpc) is 2.90. The summed E-state index contributed by atoms with van der Waals surface area (Å²) >= 11 is 0. The minimum Gasteiger partial charge on any atom is -0.494 e. The van der Waals surface area contributed by atoms with Gasteiger partial charge in [0.05, 0.1) is 11.5 Å². The molecular formula is C17H27NO3S. The summed E-state index contributed by atoms with van der Waals surface area (Å²) in [6.45, 7) is 8.44. The summed E-state index contributed by atoms with van der Waals surface area (Å²) in [5.74, 6) is 0.998. The largest absolute Gasteiger partial charge is 0.494 e. The first-order chi connectivity index (χ1) is 10.3. The number of hydrogen-bond donors (Lipinski definition) is 1. The standard InChI is InChI=1S/C17H27NO3S/c1-5-21-16-10-13(4)17(11-15(16)12(2)3)22(19,20)18-14-8-6-7-9-14/h10-12,14,18H,5-9H2,1-4H3. The summed E-state index contributed by atoms with van der Waals surface area (Å²) in [6.07, 6.45) is 4.08. The van der Waals surface area contributed by atoms with Gasteiger partial charge in [0.2, 0.25) is 10.0 Å². The molecular weight excluding hydrogens is 298 g/mol. The maximum atomic E-state index is 12.7.